The molecule has 0 aromatic rings. The van der Waals surface area contributed by atoms with Crippen molar-refractivity contribution >= 4 is 12.0 Å². The molecule has 1 saturated carbocycles. The van der Waals surface area contributed by atoms with Crippen LogP contribution >= 0.6 is 0 Å². The first kappa shape index (κ1) is 18.0. The molecule has 0 spiro atoms. The van der Waals surface area contributed by atoms with Gasteiger partial charge in [0, 0.05) is 38.3 Å². The number of ether oxygens (including phenoxy) is 1. The van der Waals surface area contributed by atoms with E-state index < -0.39 is 5.60 Å². The Morgan fingerprint density at radius 3 is 2.48 bits per heavy atom. The van der Waals surface area contributed by atoms with E-state index in [0.29, 0.717) is 32.2 Å². The molecule has 2 unspecified atom stereocenters. The molecule has 3 N–H and O–H groups in total. The number of nitrogens with one attached hydrogen (secondary N) is 1. The van der Waals surface area contributed by atoms with Crippen LogP contribution in [0.25, 0.3) is 0 Å². The number of hydrogen-bond donors (Lipinski definition) is 2. The van der Waals surface area contributed by atoms with Crippen LogP contribution in [0.3, 0.4) is 0 Å². The second-order valence-corrected chi connectivity index (χ2v) is 7.51. The average molecular weight is 326 g/mol. The van der Waals surface area contributed by atoms with E-state index in [4.69, 9.17) is 10.5 Å². The van der Waals surface area contributed by atoms with Gasteiger partial charge in [0.25, 0.3) is 0 Å². The number of amides is 2. The van der Waals surface area contributed by atoms with E-state index in [-0.39, 0.29) is 24.1 Å². The van der Waals surface area contributed by atoms with Gasteiger partial charge in [-0.05, 0) is 40.5 Å². The van der Waals surface area contributed by atoms with E-state index in [1.165, 1.54) is 0 Å². The molecule has 7 heteroatoms. The highest BCUT2D eigenvalue weighted by Crippen LogP contribution is 2.20. The fourth-order valence-electron chi connectivity index (χ4n) is 2.78. The van der Waals surface area contributed by atoms with Crippen molar-refractivity contribution in [3.63, 3.8) is 0 Å². The predicted octanol–water partition coefficient (Wildman–Crippen LogP) is 0.534. The summed E-state index contributed by atoms with van der Waals surface area (Å²) < 4.78 is 5.42. The highest BCUT2D eigenvalue weighted by atomic mass is 16.6. The third-order valence-electron chi connectivity index (χ3n) is 4.25. The third kappa shape index (κ3) is 5.07. The number of hydrogen-bond acceptors (Lipinski definition) is 5. The Balaban J connectivity index is 1.92. The van der Waals surface area contributed by atoms with Crippen molar-refractivity contribution < 1.29 is 14.3 Å². The van der Waals surface area contributed by atoms with Crippen molar-refractivity contribution in [1.29, 1.82) is 0 Å². The molecule has 2 fully saturated rings. The van der Waals surface area contributed by atoms with Crippen molar-refractivity contribution in [2.75, 3.05) is 26.2 Å². The predicted molar refractivity (Wildman–Crippen MR) is 88.0 cm³/mol. The number of piperazine rings is 1. The van der Waals surface area contributed by atoms with Gasteiger partial charge in [-0.1, -0.05) is 0 Å². The molecule has 2 atom stereocenters. The molecule has 0 bridgehead atoms. The van der Waals surface area contributed by atoms with Crippen LogP contribution in [0.5, 0.6) is 0 Å². The van der Waals surface area contributed by atoms with Crippen molar-refractivity contribution in [1.82, 2.24) is 15.1 Å². The molecular formula is C16H30N4O3. The molecule has 2 aliphatic rings. The minimum Gasteiger partial charge on any atom is -0.444 e. The van der Waals surface area contributed by atoms with Gasteiger partial charge in [0.05, 0.1) is 6.04 Å². The van der Waals surface area contributed by atoms with Crippen LogP contribution in [-0.4, -0.2) is 71.7 Å². The fraction of sp³-hybridized carbons (Fsp3) is 0.875. The van der Waals surface area contributed by atoms with E-state index in [0.717, 1.165) is 12.8 Å². The van der Waals surface area contributed by atoms with Crippen molar-refractivity contribution in [3.05, 3.63) is 0 Å². The van der Waals surface area contributed by atoms with Crippen molar-refractivity contribution in [2.24, 2.45) is 5.73 Å². The van der Waals surface area contributed by atoms with Gasteiger partial charge in [0.15, 0.2) is 0 Å². The largest absolute Gasteiger partial charge is 0.444 e. The Kier molecular flexibility index (Phi) is 5.52. The standard InChI is InChI=1S/C16H30N4O3/c1-11(14(21)18-12-5-6-12)20-8-7-19(10-13(20)9-17)15(22)23-16(2,3)4/h11-13H,5-10,17H2,1-4H3,(H,18,21). The van der Waals surface area contributed by atoms with Crippen LogP contribution in [0.1, 0.15) is 40.5 Å². The van der Waals surface area contributed by atoms with Crippen LogP contribution in [0.15, 0.2) is 0 Å². The normalized spacial score (nSPS) is 24.2. The molecule has 23 heavy (non-hydrogen) atoms. The van der Waals surface area contributed by atoms with Gasteiger partial charge >= 0.3 is 6.09 Å². The zero-order valence-electron chi connectivity index (χ0n) is 14.7. The molecule has 1 aliphatic heterocycles. The highest BCUT2D eigenvalue weighted by Gasteiger charge is 2.36. The van der Waals surface area contributed by atoms with E-state index in [2.05, 4.69) is 10.2 Å². The van der Waals surface area contributed by atoms with Gasteiger partial charge in [0.2, 0.25) is 5.91 Å². The van der Waals surface area contributed by atoms with Gasteiger partial charge in [-0.3, -0.25) is 9.69 Å². The van der Waals surface area contributed by atoms with Crippen LogP contribution < -0.4 is 11.1 Å². The van der Waals surface area contributed by atoms with Crippen molar-refractivity contribution in [3.8, 4) is 0 Å². The number of carbonyl (C=O) groups is 2. The maximum absolute atomic E-state index is 12.3. The summed E-state index contributed by atoms with van der Waals surface area (Å²) in [4.78, 5) is 28.2. The molecule has 0 aromatic heterocycles. The Morgan fingerprint density at radius 1 is 1.30 bits per heavy atom. The highest BCUT2D eigenvalue weighted by molar-refractivity contribution is 5.82. The Hall–Kier alpha value is -1.34. The molecule has 1 aliphatic carbocycles. The first-order chi connectivity index (χ1) is 10.7. The van der Waals surface area contributed by atoms with Gasteiger partial charge in [0.1, 0.15) is 5.60 Å². The summed E-state index contributed by atoms with van der Waals surface area (Å²) in [5, 5.41) is 3.03. The van der Waals surface area contributed by atoms with Gasteiger partial charge in [-0.15, -0.1) is 0 Å². The van der Waals surface area contributed by atoms with E-state index >= 15 is 0 Å². The van der Waals surface area contributed by atoms with Gasteiger partial charge in [-0.25, -0.2) is 4.79 Å². The minimum absolute atomic E-state index is 0.0313. The Labute approximate surface area is 138 Å². The minimum atomic E-state index is -0.510. The smallest absolute Gasteiger partial charge is 0.410 e. The summed E-state index contributed by atoms with van der Waals surface area (Å²) in [7, 11) is 0. The quantitative estimate of drug-likeness (QED) is 0.787. The summed E-state index contributed by atoms with van der Waals surface area (Å²) in [6, 6.07) is 0.0884. The van der Waals surface area contributed by atoms with Crippen LogP contribution in [0, 0.1) is 0 Å². The molecule has 132 valence electrons. The molecule has 0 aromatic carbocycles. The van der Waals surface area contributed by atoms with Gasteiger partial charge in [-0.2, -0.15) is 0 Å². The molecule has 2 amide bonds. The number of nitrogens with two attached hydrogens (primary N) is 1. The number of nitrogens with zero attached hydrogens (tertiary/aromatic N) is 2. The second kappa shape index (κ2) is 7.05. The lowest BCUT2D eigenvalue weighted by Gasteiger charge is -2.43. The lowest BCUT2D eigenvalue weighted by molar-refractivity contribution is -0.127. The molecule has 1 saturated heterocycles. The molecule has 2 rings (SSSR count). The molecule has 7 nitrogen and oxygen atoms in total. The maximum Gasteiger partial charge on any atom is 0.410 e. The number of carbonyl (C=O) groups excluding carboxylic acids is 2. The summed E-state index contributed by atoms with van der Waals surface area (Å²) in [5.74, 6) is 0.0525. The maximum atomic E-state index is 12.3. The SMILES string of the molecule is CC(C(=O)NC1CC1)N1CCN(C(=O)OC(C)(C)C)CC1CN. The summed E-state index contributed by atoms with van der Waals surface area (Å²) in [6.07, 6.45) is 1.84. The Bertz CT molecular complexity index is 445. The van der Waals surface area contributed by atoms with Crippen LogP contribution in [-0.2, 0) is 9.53 Å². The number of rotatable bonds is 4. The molecule has 1 heterocycles. The molecular weight excluding hydrogens is 296 g/mol. The summed E-state index contributed by atoms with van der Waals surface area (Å²) >= 11 is 0. The van der Waals surface area contributed by atoms with E-state index in [1.54, 1.807) is 4.90 Å². The van der Waals surface area contributed by atoms with Crippen LogP contribution in [0.4, 0.5) is 4.79 Å². The third-order valence-corrected chi connectivity index (χ3v) is 4.25. The summed E-state index contributed by atoms with van der Waals surface area (Å²) in [5.41, 5.74) is 5.37. The van der Waals surface area contributed by atoms with Gasteiger partial charge < -0.3 is 20.7 Å². The first-order valence-corrected chi connectivity index (χ1v) is 8.45. The topological polar surface area (TPSA) is 87.9 Å². The van der Waals surface area contributed by atoms with E-state index in [1.807, 2.05) is 27.7 Å². The Morgan fingerprint density at radius 2 is 1.96 bits per heavy atom. The fourth-order valence-corrected chi connectivity index (χ4v) is 2.78. The first-order valence-electron chi connectivity index (χ1n) is 8.45. The lowest BCUT2D eigenvalue weighted by Crippen LogP contribution is -2.62. The van der Waals surface area contributed by atoms with Crippen LogP contribution in [0.2, 0.25) is 0 Å². The average Bonchev–Trinajstić information content (AvgIpc) is 3.27. The summed E-state index contributed by atoms with van der Waals surface area (Å²) in [6.45, 7) is 9.53. The zero-order chi connectivity index (χ0) is 17.2. The lowest BCUT2D eigenvalue weighted by atomic mass is 10.1. The monoisotopic (exact) mass is 326 g/mol. The zero-order valence-corrected chi connectivity index (χ0v) is 14.7. The second-order valence-electron chi connectivity index (χ2n) is 7.51. The van der Waals surface area contributed by atoms with Crippen molar-refractivity contribution in [2.45, 2.75) is 64.3 Å². The van der Waals surface area contributed by atoms with E-state index in [9.17, 15) is 9.59 Å². The molecule has 0 radical (unpaired) electrons.